The molecule has 0 aliphatic rings. The lowest BCUT2D eigenvalue weighted by atomic mass is 10.2. The highest BCUT2D eigenvalue weighted by molar-refractivity contribution is 7.99. The smallest absolute Gasteiger partial charge is 0.354 e. The number of carboxylic acid groups (broad SMARTS) is 1. The molecule has 2 N–H and O–H groups in total. The first-order valence-electron chi connectivity index (χ1n) is 6.10. The summed E-state index contributed by atoms with van der Waals surface area (Å²) < 4.78 is 0. The SMILES string of the molecule is Cc1[nH]c2ccccc2c1Sc1cccc(C(=O)O)n1. The first-order chi connectivity index (χ1) is 9.65. The number of aromatic amines is 1. The van der Waals surface area contributed by atoms with E-state index >= 15 is 0 Å². The van der Waals surface area contributed by atoms with E-state index in [4.69, 9.17) is 5.11 Å². The fourth-order valence-corrected chi connectivity index (χ4v) is 3.07. The van der Waals surface area contributed by atoms with Crippen molar-refractivity contribution in [2.24, 2.45) is 0 Å². The van der Waals surface area contributed by atoms with E-state index in [0.29, 0.717) is 5.03 Å². The maximum Gasteiger partial charge on any atom is 0.354 e. The number of hydrogen-bond acceptors (Lipinski definition) is 3. The van der Waals surface area contributed by atoms with Crippen LogP contribution in [0, 0.1) is 6.92 Å². The minimum Gasteiger partial charge on any atom is -0.477 e. The van der Waals surface area contributed by atoms with Crippen molar-refractivity contribution < 1.29 is 9.90 Å². The van der Waals surface area contributed by atoms with Gasteiger partial charge in [0.2, 0.25) is 0 Å². The molecule has 2 heterocycles. The minimum absolute atomic E-state index is 0.0625. The number of benzene rings is 1. The van der Waals surface area contributed by atoms with Crippen molar-refractivity contribution in [2.75, 3.05) is 0 Å². The third-order valence-corrected chi connectivity index (χ3v) is 4.15. The molecule has 5 heteroatoms. The molecule has 100 valence electrons. The molecule has 0 spiro atoms. The van der Waals surface area contributed by atoms with Crippen LogP contribution >= 0.6 is 11.8 Å². The van der Waals surface area contributed by atoms with Crippen LogP contribution in [0.5, 0.6) is 0 Å². The Hall–Kier alpha value is -2.27. The predicted octanol–water partition coefficient (Wildman–Crippen LogP) is 3.72. The van der Waals surface area contributed by atoms with Crippen LogP contribution in [0.25, 0.3) is 10.9 Å². The van der Waals surface area contributed by atoms with E-state index in [-0.39, 0.29) is 5.69 Å². The second-order valence-corrected chi connectivity index (χ2v) is 5.42. The van der Waals surface area contributed by atoms with Crippen LogP contribution in [-0.2, 0) is 0 Å². The Kier molecular flexibility index (Phi) is 3.20. The Balaban J connectivity index is 2.03. The number of H-pyrrole nitrogens is 1. The number of aryl methyl sites for hydroxylation is 1. The van der Waals surface area contributed by atoms with Crippen LogP contribution in [0.15, 0.2) is 52.4 Å². The summed E-state index contributed by atoms with van der Waals surface area (Å²) in [6.45, 7) is 2.00. The molecule has 0 aliphatic carbocycles. The molecule has 3 aromatic rings. The molecule has 0 radical (unpaired) electrons. The lowest BCUT2D eigenvalue weighted by molar-refractivity contribution is 0.0689. The molecular formula is C15H12N2O2S. The van der Waals surface area contributed by atoms with Gasteiger partial charge < -0.3 is 10.1 Å². The number of carboxylic acids is 1. The van der Waals surface area contributed by atoms with Gasteiger partial charge in [-0.15, -0.1) is 0 Å². The minimum atomic E-state index is -1.01. The van der Waals surface area contributed by atoms with Crippen LogP contribution < -0.4 is 0 Å². The Morgan fingerprint density at radius 1 is 1.20 bits per heavy atom. The third kappa shape index (κ3) is 2.28. The van der Waals surface area contributed by atoms with Gasteiger partial charge in [0.1, 0.15) is 10.7 Å². The van der Waals surface area contributed by atoms with Gasteiger partial charge in [-0.05, 0) is 25.1 Å². The summed E-state index contributed by atoms with van der Waals surface area (Å²) >= 11 is 1.48. The molecule has 2 aromatic heterocycles. The number of hydrogen-bond donors (Lipinski definition) is 2. The number of carbonyl (C=O) groups is 1. The van der Waals surface area contributed by atoms with E-state index in [1.54, 1.807) is 6.07 Å². The number of para-hydroxylation sites is 1. The van der Waals surface area contributed by atoms with Gasteiger partial charge in [0, 0.05) is 21.5 Å². The molecule has 0 saturated carbocycles. The van der Waals surface area contributed by atoms with Gasteiger partial charge in [-0.1, -0.05) is 36.0 Å². The number of nitrogens with zero attached hydrogens (tertiary/aromatic N) is 1. The molecule has 20 heavy (non-hydrogen) atoms. The quantitative estimate of drug-likeness (QED) is 0.769. The van der Waals surface area contributed by atoms with Gasteiger partial charge in [0.05, 0.1) is 0 Å². The van der Waals surface area contributed by atoms with Crippen LogP contribution in [0.2, 0.25) is 0 Å². The fourth-order valence-electron chi connectivity index (χ4n) is 2.08. The second-order valence-electron chi connectivity index (χ2n) is 4.39. The van der Waals surface area contributed by atoms with E-state index in [0.717, 1.165) is 21.5 Å². The van der Waals surface area contributed by atoms with Crippen LogP contribution in [0.3, 0.4) is 0 Å². The Morgan fingerprint density at radius 2 is 2.00 bits per heavy atom. The van der Waals surface area contributed by atoms with E-state index in [1.165, 1.54) is 17.8 Å². The molecule has 3 rings (SSSR count). The predicted molar refractivity (Wildman–Crippen MR) is 78.4 cm³/mol. The molecule has 0 bridgehead atoms. The van der Waals surface area contributed by atoms with Gasteiger partial charge in [0.25, 0.3) is 0 Å². The van der Waals surface area contributed by atoms with Gasteiger partial charge in [-0.25, -0.2) is 9.78 Å². The summed E-state index contributed by atoms with van der Waals surface area (Å²) in [4.78, 5) is 19.5. The Labute approximate surface area is 119 Å². The van der Waals surface area contributed by atoms with Gasteiger partial charge in [0.15, 0.2) is 0 Å². The zero-order valence-corrected chi connectivity index (χ0v) is 11.6. The van der Waals surface area contributed by atoms with Crippen molar-refractivity contribution in [1.29, 1.82) is 0 Å². The highest BCUT2D eigenvalue weighted by atomic mass is 32.2. The zero-order chi connectivity index (χ0) is 14.1. The monoisotopic (exact) mass is 284 g/mol. The third-order valence-electron chi connectivity index (χ3n) is 2.98. The van der Waals surface area contributed by atoms with Crippen molar-refractivity contribution >= 4 is 28.6 Å². The van der Waals surface area contributed by atoms with Crippen LogP contribution in [0.1, 0.15) is 16.2 Å². The maximum absolute atomic E-state index is 11.0. The number of aromatic nitrogens is 2. The second kappa shape index (κ2) is 5.02. The highest BCUT2D eigenvalue weighted by Gasteiger charge is 2.11. The number of rotatable bonds is 3. The first-order valence-corrected chi connectivity index (χ1v) is 6.92. The summed E-state index contributed by atoms with van der Waals surface area (Å²) in [7, 11) is 0. The van der Waals surface area contributed by atoms with Gasteiger partial charge in [-0.3, -0.25) is 0 Å². The lowest BCUT2D eigenvalue weighted by Crippen LogP contribution is -1.99. The Morgan fingerprint density at radius 3 is 2.80 bits per heavy atom. The largest absolute Gasteiger partial charge is 0.477 e. The summed E-state index contributed by atoms with van der Waals surface area (Å²) in [5, 5.41) is 10.8. The first kappa shape index (κ1) is 12.7. The zero-order valence-electron chi connectivity index (χ0n) is 10.8. The van der Waals surface area contributed by atoms with E-state index < -0.39 is 5.97 Å². The molecule has 0 saturated heterocycles. The van der Waals surface area contributed by atoms with Gasteiger partial charge >= 0.3 is 5.97 Å². The molecule has 0 amide bonds. The normalized spacial score (nSPS) is 10.8. The molecule has 0 unspecified atom stereocenters. The molecule has 0 atom stereocenters. The maximum atomic E-state index is 11.0. The molecule has 1 aromatic carbocycles. The number of fused-ring (bicyclic) bond motifs is 1. The van der Waals surface area contributed by atoms with Crippen molar-refractivity contribution in [3.8, 4) is 0 Å². The van der Waals surface area contributed by atoms with Crippen LogP contribution in [0.4, 0.5) is 0 Å². The topological polar surface area (TPSA) is 66.0 Å². The van der Waals surface area contributed by atoms with Crippen molar-refractivity contribution in [3.05, 3.63) is 53.9 Å². The highest BCUT2D eigenvalue weighted by Crippen LogP contribution is 2.35. The number of aromatic carboxylic acids is 1. The average molecular weight is 284 g/mol. The number of pyridine rings is 1. The summed E-state index contributed by atoms with van der Waals surface area (Å²) in [5.74, 6) is -1.01. The molecule has 0 aliphatic heterocycles. The van der Waals surface area contributed by atoms with Gasteiger partial charge in [-0.2, -0.15) is 0 Å². The standard InChI is InChI=1S/C15H12N2O2S/c1-9-14(10-5-2-3-6-11(10)16-9)20-13-8-4-7-12(17-13)15(18)19/h2-8,16H,1H3,(H,18,19). The van der Waals surface area contributed by atoms with Crippen molar-refractivity contribution in [2.45, 2.75) is 16.8 Å². The Bertz CT molecular complexity index is 795. The summed E-state index contributed by atoms with van der Waals surface area (Å²) in [6.07, 6.45) is 0. The van der Waals surface area contributed by atoms with Crippen LogP contribution in [-0.4, -0.2) is 21.0 Å². The molecule has 4 nitrogen and oxygen atoms in total. The fraction of sp³-hybridized carbons (Fsp3) is 0.0667. The summed E-state index contributed by atoms with van der Waals surface area (Å²) in [6, 6.07) is 13.1. The number of nitrogens with one attached hydrogen (secondary N) is 1. The van der Waals surface area contributed by atoms with Crippen molar-refractivity contribution in [1.82, 2.24) is 9.97 Å². The van der Waals surface area contributed by atoms with E-state index in [2.05, 4.69) is 9.97 Å². The molecular weight excluding hydrogens is 272 g/mol. The summed E-state index contributed by atoms with van der Waals surface area (Å²) in [5.41, 5.74) is 2.19. The van der Waals surface area contributed by atoms with E-state index in [9.17, 15) is 4.79 Å². The average Bonchev–Trinajstić information content (AvgIpc) is 2.76. The van der Waals surface area contributed by atoms with Crippen molar-refractivity contribution in [3.63, 3.8) is 0 Å². The molecule has 0 fully saturated rings. The lowest BCUT2D eigenvalue weighted by Gasteiger charge is -2.02. The van der Waals surface area contributed by atoms with E-state index in [1.807, 2.05) is 37.3 Å².